The van der Waals surface area contributed by atoms with Gasteiger partial charge in [-0.2, -0.15) is 0 Å². The molecule has 0 spiro atoms. The predicted octanol–water partition coefficient (Wildman–Crippen LogP) is 2.16. The molecule has 0 aliphatic carbocycles. The van der Waals surface area contributed by atoms with Gasteiger partial charge in [-0.15, -0.1) is 0 Å². The van der Waals surface area contributed by atoms with Crippen LogP contribution in [0.2, 0.25) is 0 Å². The number of phenols is 1. The maximum atomic E-state index is 12.3. The SMILES string of the molecule is O=C(NC1COc2ccccc21)c1cccc([N+](=O)[O-])c1O. The van der Waals surface area contributed by atoms with Crippen molar-refractivity contribution in [2.24, 2.45) is 0 Å². The third-order valence-electron chi connectivity index (χ3n) is 3.46. The summed E-state index contributed by atoms with van der Waals surface area (Å²) in [4.78, 5) is 22.3. The van der Waals surface area contributed by atoms with E-state index in [0.29, 0.717) is 5.75 Å². The van der Waals surface area contributed by atoms with Crippen LogP contribution in [0, 0.1) is 10.1 Å². The number of nitrogens with zero attached hydrogens (tertiary/aromatic N) is 1. The van der Waals surface area contributed by atoms with Gasteiger partial charge in [-0.05, 0) is 12.1 Å². The molecule has 1 atom stereocenters. The summed E-state index contributed by atoms with van der Waals surface area (Å²) in [5, 5.41) is 23.4. The molecule has 0 radical (unpaired) electrons. The number of aromatic hydroxyl groups is 1. The molecule has 0 fully saturated rings. The molecule has 112 valence electrons. The van der Waals surface area contributed by atoms with Gasteiger partial charge in [0.1, 0.15) is 12.4 Å². The van der Waals surface area contributed by atoms with E-state index in [0.717, 1.165) is 11.6 Å². The summed E-state index contributed by atoms with van der Waals surface area (Å²) >= 11 is 0. The van der Waals surface area contributed by atoms with Crippen molar-refractivity contribution < 1.29 is 19.6 Å². The van der Waals surface area contributed by atoms with Crippen molar-refractivity contribution in [2.45, 2.75) is 6.04 Å². The molecule has 2 aromatic carbocycles. The molecule has 0 saturated carbocycles. The number of rotatable bonds is 3. The topological polar surface area (TPSA) is 102 Å². The molecular weight excluding hydrogens is 288 g/mol. The van der Waals surface area contributed by atoms with Crippen molar-refractivity contribution in [3.05, 3.63) is 63.7 Å². The number of hydrogen-bond acceptors (Lipinski definition) is 5. The minimum Gasteiger partial charge on any atom is -0.502 e. The van der Waals surface area contributed by atoms with Crippen molar-refractivity contribution in [1.29, 1.82) is 0 Å². The highest BCUT2D eigenvalue weighted by Gasteiger charge is 2.27. The maximum absolute atomic E-state index is 12.3. The first-order chi connectivity index (χ1) is 10.6. The van der Waals surface area contributed by atoms with E-state index >= 15 is 0 Å². The molecule has 1 heterocycles. The standard InChI is InChI=1S/C15H12N2O5/c18-14-10(5-3-6-12(14)17(20)21)15(19)16-11-8-22-13-7-2-1-4-9(11)13/h1-7,11,18H,8H2,(H,16,19). The molecule has 1 aliphatic heterocycles. The zero-order chi connectivity index (χ0) is 15.7. The molecular formula is C15H12N2O5. The summed E-state index contributed by atoms with van der Waals surface area (Å²) in [5.41, 5.74) is 0.190. The van der Waals surface area contributed by atoms with Gasteiger partial charge >= 0.3 is 5.69 Å². The van der Waals surface area contributed by atoms with Crippen LogP contribution in [-0.2, 0) is 0 Å². The average Bonchev–Trinajstić information content (AvgIpc) is 2.90. The molecule has 22 heavy (non-hydrogen) atoms. The van der Waals surface area contributed by atoms with Gasteiger partial charge in [-0.3, -0.25) is 14.9 Å². The number of benzene rings is 2. The monoisotopic (exact) mass is 300 g/mol. The van der Waals surface area contributed by atoms with Gasteiger partial charge in [-0.25, -0.2) is 0 Å². The Hall–Kier alpha value is -3.09. The number of amides is 1. The molecule has 0 aromatic heterocycles. The van der Waals surface area contributed by atoms with E-state index in [1.165, 1.54) is 12.1 Å². The molecule has 0 saturated heterocycles. The van der Waals surface area contributed by atoms with Crippen LogP contribution >= 0.6 is 0 Å². The molecule has 7 nitrogen and oxygen atoms in total. The summed E-state index contributed by atoms with van der Waals surface area (Å²) in [6.07, 6.45) is 0. The van der Waals surface area contributed by atoms with Crippen molar-refractivity contribution in [2.75, 3.05) is 6.61 Å². The molecule has 3 rings (SSSR count). The van der Waals surface area contributed by atoms with E-state index in [1.54, 1.807) is 6.07 Å². The Bertz CT molecular complexity index is 759. The number of para-hydroxylation sites is 2. The van der Waals surface area contributed by atoms with E-state index in [2.05, 4.69) is 5.32 Å². The van der Waals surface area contributed by atoms with Gasteiger partial charge < -0.3 is 15.2 Å². The summed E-state index contributed by atoms with van der Waals surface area (Å²) in [6.45, 7) is 0.279. The van der Waals surface area contributed by atoms with Crippen LogP contribution in [0.1, 0.15) is 22.0 Å². The van der Waals surface area contributed by atoms with Gasteiger partial charge in [0.15, 0.2) is 0 Å². The second-order valence-electron chi connectivity index (χ2n) is 4.81. The van der Waals surface area contributed by atoms with Crippen LogP contribution in [0.5, 0.6) is 11.5 Å². The lowest BCUT2D eigenvalue weighted by molar-refractivity contribution is -0.385. The van der Waals surface area contributed by atoms with E-state index < -0.39 is 22.3 Å². The summed E-state index contributed by atoms with van der Waals surface area (Å²) < 4.78 is 5.45. The summed E-state index contributed by atoms with van der Waals surface area (Å²) in [5.74, 6) is -0.542. The van der Waals surface area contributed by atoms with Crippen molar-refractivity contribution in [3.63, 3.8) is 0 Å². The number of nitro groups is 1. The van der Waals surface area contributed by atoms with Crippen LogP contribution in [-0.4, -0.2) is 22.5 Å². The second kappa shape index (κ2) is 5.36. The number of carbonyl (C=O) groups is 1. The smallest absolute Gasteiger partial charge is 0.311 e. The zero-order valence-corrected chi connectivity index (χ0v) is 11.4. The number of phenolic OH excluding ortho intramolecular Hbond substituents is 1. The first-order valence-electron chi connectivity index (χ1n) is 6.57. The first kappa shape index (κ1) is 13.9. The fourth-order valence-corrected chi connectivity index (χ4v) is 2.38. The molecule has 2 N–H and O–H groups in total. The predicted molar refractivity (Wildman–Crippen MR) is 76.9 cm³/mol. The average molecular weight is 300 g/mol. The zero-order valence-electron chi connectivity index (χ0n) is 11.4. The maximum Gasteiger partial charge on any atom is 0.311 e. The highest BCUT2D eigenvalue weighted by Crippen LogP contribution is 2.33. The highest BCUT2D eigenvalue weighted by molar-refractivity contribution is 5.98. The van der Waals surface area contributed by atoms with Crippen LogP contribution in [0.4, 0.5) is 5.69 Å². The van der Waals surface area contributed by atoms with Crippen LogP contribution in [0.15, 0.2) is 42.5 Å². The lowest BCUT2D eigenvalue weighted by atomic mass is 10.1. The minimum absolute atomic E-state index is 0.140. The third kappa shape index (κ3) is 2.32. The van der Waals surface area contributed by atoms with Crippen LogP contribution in [0.25, 0.3) is 0 Å². The van der Waals surface area contributed by atoms with Gasteiger partial charge in [0.05, 0.1) is 16.5 Å². The molecule has 7 heteroatoms. The Morgan fingerprint density at radius 2 is 2.05 bits per heavy atom. The van der Waals surface area contributed by atoms with Crippen molar-refractivity contribution in [3.8, 4) is 11.5 Å². The number of nitrogens with one attached hydrogen (secondary N) is 1. The Kier molecular flexibility index (Phi) is 3.38. The lowest BCUT2D eigenvalue weighted by Crippen LogP contribution is -2.29. The summed E-state index contributed by atoms with van der Waals surface area (Å²) in [7, 11) is 0. The fraction of sp³-hybridized carbons (Fsp3) is 0.133. The number of carbonyl (C=O) groups excluding carboxylic acids is 1. The minimum atomic E-state index is -0.736. The van der Waals surface area contributed by atoms with Crippen LogP contribution < -0.4 is 10.1 Å². The number of hydrogen-bond donors (Lipinski definition) is 2. The van der Waals surface area contributed by atoms with Gasteiger partial charge in [0.2, 0.25) is 5.75 Å². The van der Waals surface area contributed by atoms with Crippen molar-refractivity contribution in [1.82, 2.24) is 5.32 Å². The van der Waals surface area contributed by atoms with Crippen LogP contribution in [0.3, 0.4) is 0 Å². The number of fused-ring (bicyclic) bond motifs is 1. The summed E-state index contributed by atoms with van der Waals surface area (Å²) in [6, 6.07) is 10.8. The Morgan fingerprint density at radius 3 is 2.82 bits per heavy atom. The fourth-order valence-electron chi connectivity index (χ4n) is 2.38. The normalized spacial score (nSPS) is 15.7. The molecule has 1 unspecified atom stereocenters. The highest BCUT2D eigenvalue weighted by atomic mass is 16.6. The van der Waals surface area contributed by atoms with E-state index in [-0.39, 0.29) is 18.2 Å². The molecule has 0 bridgehead atoms. The van der Waals surface area contributed by atoms with E-state index in [1.807, 2.05) is 18.2 Å². The molecule has 1 aliphatic rings. The molecule has 1 amide bonds. The van der Waals surface area contributed by atoms with Gasteiger partial charge in [0.25, 0.3) is 5.91 Å². The van der Waals surface area contributed by atoms with E-state index in [9.17, 15) is 20.0 Å². The van der Waals surface area contributed by atoms with Gasteiger partial charge in [0, 0.05) is 11.6 Å². The Labute approximate surface area is 125 Å². The van der Waals surface area contributed by atoms with E-state index in [4.69, 9.17) is 4.74 Å². The first-order valence-corrected chi connectivity index (χ1v) is 6.57. The largest absolute Gasteiger partial charge is 0.502 e. The quantitative estimate of drug-likeness (QED) is 0.668. The lowest BCUT2D eigenvalue weighted by Gasteiger charge is -2.12. The Balaban J connectivity index is 1.85. The van der Waals surface area contributed by atoms with Crippen molar-refractivity contribution >= 4 is 11.6 Å². The molecule has 2 aromatic rings. The third-order valence-corrected chi connectivity index (χ3v) is 3.46. The number of ether oxygens (including phenoxy) is 1. The second-order valence-corrected chi connectivity index (χ2v) is 4.81. The van der Waals surface area contributed by atoms with Gasteiger partial charge in [-0.1, -0.05) is 24.3 Å². The number of nitro benzene ring substituents is 1. The Morgan fingerprint density at radius 1 is 1.27 bits per heavy atom.